The van der Waals surface area contributed by atoms with Crippen LogP contribution in [0.1, 0.15) is 156 Å². The van der Waals surface area contributed by atoms with E-state index in [1.165, 1.54) is 77.0 Å². The van der Waals surface area contributed by atoms with Crippen molar-refractivity contribution in [3.05, 3.63) is 0 Å². The molecule has 0 aliphatic rings. The van der Waals surface area contributed by atoms with E-state index in [0.717, 1.165) is 51.4 Å². The van der Waals surface area contributed by atoms with Gasteiger partial charge in [0.1, 0.15) is 0 Å². The molecule has 0 fully saturated rings. The normalized spacial score (nSPS) is 11.3. The molecule has 0 amide bonds. The molecule has 0 heterocycles. The van der Waals surface area contributed by atoms with E-state index >= 15 is 0 Å². The van der Waals surface area contributed by atoms with Crippen molar-refractivity contribution in [1.29, 1.82) is 0 Å². The first kappa shape index (κ1) is 32.9. The molecule has 5 heteroatoms. The van der Waals surface area contributed by atoms with Crippen LogP contribution in [0, 0.1) is 11.8 Å². The molecule has 0 saturated heterocycles. The first-order valence-corrected chi connectivity index (χ1v) is 17.4. The average Bonchev–Trinajstić information content (AvgIpc) is 2.81. The first-order chi connectivity index (χ1) is 16.1. The summed E-state index contributed by atoms with van der Waals surface area (Å²) in [6, 6.07) is 0. The van der Waals surface area contributed by atoms with Crippen LogP contribution >= 0.6 is 0 Å². The Labute approximate surface area is 219 Å². The molecule has 0 aromatic carbocycles. The predicted octanol–water partition coefficient (Wildman–Crippen LogP) is 8.72. The molecule has 33 heavy (non-hydrogen) atoms. The zero-order valence-corrected chi connectivity index (χ0v) is 26.3. The molecule has 0 bridgehead atoms. The average molecular weight is 662 g/mol. The number of hydrogen-bond acceptors (Lipinski definition) is 4. The summed E-state index contributed by atoms with van der Waals surface area (Å²) in [5, 5.41) is 0. The van der Waals surface area contributed by atoms with Crippen molar-refractivity contribution in [1.82, 2.24) is 0 Å². The molecule has 2 radical (unpaired) electrons. The van der Waals surface area contributed by atoms with Gasteiger partial charge in [0, 0.05) is 0 Å². The molecule has 0 spiro atoms. The quantitative estimate of drug-likeness (QED) is 0.0767. The SMILES string of the molecule is CCCCCCC(CCCCCC)C(=O)[O][Pb][O]C(=O)C(CCCCCC)CCCCCC. The van der Waals surface area contributed by atoms with Gasteiger partial charge in [-0.2, -0.15) is 0 Å². The molecule has 4 nitrogen and oxygen atoms in total. The Kier molecular flexibility index (Phi) is 24.9. The Balaban J connectivity index is 4.53. The first-order valence-electron chi connectivity index (χ1n) is 14.3. The Bertz CT molecular complexity index is 391. The summed E-state index contributed by atoms with van der Waals surface area (Å²) in [5.74, 6) is -0.212. The molecule has 0 aromatic heterocycles. The van der Waals surface area contributed by atoms with Crippen molar-refractivity contribution < 1.29 is 15.0 Å². The van der Waals surface area contributed by atoms with E-state index in [1.54, 1.807) is 0 Å². The summed E-state index contributed by atoms with van der Waals surface area (Å²) >= 11 is -2.15. The van der Waals surface area contributed by atoms with Gasteiger partial charge in [-0.1, -0.05) is 0 Å². The Hall–Kier alpha value is -0.138. The van der Waals surface area contributed by atoms with E-state index in [9.17, 15) is 9.59 Å². The van der Waals surface area contributed by atoms with Gasteiger partial charge < -0.3 is 0 Å². The second kappa shape index (κ2) is 25.0. The summed E-state index contributed by atoms with van der Waals surface area (Å²) in [6.45, 7) is 8.83. The Morgan fingerprint density at radius 1 is 0.485 bits per heavy atom. The third-order valence-corrected chi connectivity index (χ3v) is 8.79. The summed E-state index contributed by atoms with van der Waals surface area (Å²) in [5.41, 5.74) is 0. The van der Waals surface area contributed by atoms with Gasteiger partial charge in [-0.25, -0.2) is 0 Å². The van der Waals surface area contributed by atoms with Crippen molar-refractivity contribution >= 4 is 37.1 Å². The molecule has 0 N–H and O–H groups in total. The van der Waals surface area contributed by atoms with Crippen molar-refractivity contribution in [2.75, 3.05) is 0 Å². The molecule has 0 rings (SSSR count). The van der Waals surface area contributed by atoms with E-state index in [0.29, 0.717) is 0 Å². The molecule has 194 valence electrons. The second-order valence-corrected chi connectivity index (χ2v) is 12.0. The molecule has 0 unspecified atom stereocenters. The van der Waals surface area contributed by atoms with Gasteiger partial charge in [0.05, 0.1) is 0 Å². The van der Waals surface area contributed by atoms with E-state index in [-0.39, 0.29) is 23.8 Å². The van der Waals surface area contributed by atoms with E-state index in [4.69, 9.17) is 5.37 Å². The number of rotatable bonds is 24. The summed E-state index contributed by atoms with van der Waals surface area (Å²) < 4.78 is 11.3. The van der Waals surface area contributed by atoms with Gasteiger partial charge in [0.25, 0.3) is 0 Å². The summed E-state index contributed by atoms with van der Waals surface area (Å²) in [7, 11) is 0. The Morgan fingerprint density at radius 3 is 1.00 bits per heavy atom. The molecule has 0 atom stereocenters. The van der Waals surface area contributed by atoms with Crippen molar-refractivity contribution in [3.8, 4) is 0 Å². The standard InChI is InChI=1S/2C14H28O2.Pb/c2*1-3-5-7-9-11-13(14(15)16)12-10-8-6-4-2;/h2*13H,3-12H2,1-2H3,(H,15,16);/q;;+2/p-2. The van der Waals surface area contributed by atoms with Crippen LogP contribution < -0.4 is 0 Å². The van der Waals surface area contributed by atoms with Gasteiger partial charge in [-0.3, -0.25) is 0 Å². The number of unbranched alkanes of at least 4 members (excludes halogenated alkanes) is 12. The van der Waals surface area contributed by atoms with E-state index in [2.05, 4.69) is 27.7 Å². The molecular weight excluding hydrogens is 608 g/mol. The third-order valence-electron chi connectivity index (χ3n) is 6.58. The molecule has 0 aromatic rings. The van der Waals surface area contributed by atoms with E-state index in [1.807, 2.05) is 0 Å². The molecular formula is C28H54O4Pb. The maximum absolute atomic E-state index is 12.7. The zero-order chi connectivity index (χ0) is 24.6. The monoisotopic (exact) mass is 662 g/mol. The Morgan fingerprint density at radius 2 is 0.758 bits per heavy atom. The predicted molar refractivity (Wildman–Crippen MR) is 140 cm³/mol. The fourth-order valence-corrected chi connectivity index (χ4v) is 6.40. The zero-order valence-electron chi connectivity index (χ0n) is 22.4. The fraction of sp³-hybridized carbons (Fsp3) is 0.929. The van der Waals surface area contributed by atoms with E-state index < -0.39 is 25.1 Å². The van der Waals surface area contributed by atoms with Gasteiger partial charge in [-0.15, -0.1) is 0 Å². The van der Waals surface area contributed by atoms with Crippen LogP contribution in [0.2, 0.25) is 0 Å². The van der Waals surface area contributed by atoms with Crippen LogP contribution in [-0.2, 0) is 15.0 Å². The number of hydrogen-bond donors (Lipinski definition) is 0. The van der Waals surface area contributed by atoms with Gasteiger partial charge in [0.15, 0.2) is 0 Å². The van der Waals surface area contributed by atoms with Crippen LogP contribution in [0.4, 0.5) is 0 Å². The van der Waals surface area contributed by atoms with Gasteiger partial charge in [-0.05, 0) is 0 Å². The third kappa shape index (κ3) is 19.8. The van der Waals surface area contributed by atoms with Crippen molar-refractivity contribution in [3.63, 3.8) is 0 Å². The van der Waals surface area contributed by atoms with Crippen molar-refractivity contribution in [2.24, 2.45) is 11.8 Å². The minimum absolute atomic E-state index is 0.0104. The summed E-state index contributed by atoms with van der Waals surface area (Å²) in [6.07, 6.45) is 22.5. The van der Waals surface area contributed by atoms with Crippen LogP contribution in [0.15, 0.2) is 0 Å². The number of carbonyl (C=O) groups excluding carboxylic acids is 2. The van der Waals surface area contributed by atoms with Crippen LogP contribution in [-0.4, -0.2) is 37.1 Å². The van der Waals surface area contributed by atoms with Gasteiger partial charge >= 0.3 is 220 Å². The van der Waals surface area contributed by atoms with Crippen LogP contribution in [0.25, 0.3) is 0 Å². The van der Waals surface area contributed by atoms with Gasteiger partial charge in [0.2, 0.25) is 0 Å². The topological polar surface area (TPSA) is 52.6 Å². The fourth-order valence-electron chi connectivity index (χ4n) is 4.30. The van der Waals surface area contributed by atoms with Crippen LogP contribution in [0.5, 0.6) is 0 Å². The minimum atomic E-state index is -2.15. The summed E-state index contributed by atoms with van der Waals surface area (Å²) in [4.78, 5) is 25.5. The van der Waals surface area contributed by atoms with Crippen LogP contribution in [0.3, 0.4) is 0 Å². The molecule has 0 aliphatic heterocycles. The number of carbonyl (C=O) groups is 2. The van der Waals surface area contributed by atoms with Crippen molar-refractivity contribution in [2.45, 2.75) is 156 Å². The maximum atomic E-state index is 12.7. The second-order valence-electron chi connectivity index (χ2n) is 9.72. The molecule has 0 aliphatic carbocycles. The molecule has 0 saturated carbocycles.